The zero-order chi connectivity index (χ0) is 18.6. The number of carbonyl (C=O) groups excluding carboxylic acids is 2. The third-order valence-electron chi connectivity index (χ3n) is 3.69. The number of amides is 1. The Kier molecular flexibility index (Phi) is 5.47. The molecule has 0 atom stereocenters. The Morgan fingerprint density at radius 2 is 1.80 bits per heavy atom. The van der Waals surface area contributed by atoms with E-state index >= 15 is 0 Å². The Bertz CT molecular complexity index is 791. The molecule has 0 fully saturated rings. The maximum absolute atomic E-state index is 12.4. The lowest BCUT2D eigenvalue weighted by Crippen LogP contribution is -2.20. The van der Waals surface area contributed by atoms with Gasteiger partial charge in [-0.3, -0.25) is 4.79 Å². The number of esters is 1. The Morgan fingerprint density at radius 1 is 1.08 bits per heavy atom. The van der Waals surface area contributed by atoms with Crippen LogP contribution in [0.25, 0.3) is 0 Å². The fraction of sp³-hybridized carbons (Fsp3) is 0.300. The maximum Gasteiger partial charge on any atom is 0.343 e. The summed E-state index contributed by atoms with van der Waals surface area (Å²) >= 11 is 0. The number of nitrogens with two attached hydrogens (primary N) is 1. The fourth-order valence-electron chi connectivity index (χ4n) is 2.26. The van der Waals surface area contributed by atoms with Crippen LogP contribution in [0.4, 0.5) is 0 Å². The highest BCUT2D eigenvalue weighted by molar-refractivity contribution is 5.91. The van der Waals surface area contributed by atoms with Crippen molar-refractivity contribution in [2.45, 2.75) is 33.1 Å². The van der Waals surface area contributed by atoms with Gasteiger partial charge in [-0.2, -0.15) is 0 Å². The lowest BCUT2D eigenvalue weighted by atomic mass is 9.86. The highest BCUT2D eigenvalue weighted by atomic mass is 16.5. The van der Waals surface area contributed by atoms with E-state index in [1.54, 1.807) is 24.3 Å². The quantitative estimate of drug-likeness (QED) is 0.668. The summed E-state index contributed by atoms with van der Waals surface area (Å²) in [7, 11) is 0. The molecule has 2 aromatic carbocycles. The largest absolute Gasteiger partial charge is 0.484 e. The van der Waals surface area contributed by atoms with E-state index < -0.39 is 11.9 Å². The summed E-state index contributed by atoms with van der Waals surface area (Å²) in [4.78, 5) is 23.1. The van der Waals surface area contributed by atoms with Gasteiger partial charge in [0.2, 0.25) is 0 Å². The molecule has 2 rings (SSSR count). The van der Waals surface area contributed by atoms with Gasteiger partial charge in [0.25, 0.3) is 5.91 Å². The molecule has 0 spiro atoms. The zero-order valence-electron chi connectivity index (χ0n) is 15.0. The van der Waals surface area contributed by atoms with Crippen LogP contribution in [0.2, 0.25) is 0 Å². The highest BCUT2D eigenvalue weighted by Crippen LogP contribution is 2.28. The monoisotopic (exact) mass is 341 g/mol. The van der Waals surface area contributed by atoms with Gasteiger partial charge in [0.05, 0.1) is 5.56 Å². The highest BCUT2D eigenvalue weighted by Gasteiger charge is 2.16. The van der Waals surface area contributed by atoms with Gasteiger partial charge in [0.1, 0.15) is 11.5 Å². The number of aryl methyl sites for hydroxylation is 1. The molecule has 132 valence electrons. The van der Waals surface area contributed by atoms with Crippen LogP contribution in [-0.2, 0) is 10.2 Å². The first-order valence-electron chi connectivity index (χ1n) is 8.01. The minimum atomic E-state index is -0.581. The first-order chi connectivity index (χ1) is 11.7. The van der Waals surface area contributed by atoms with E-state index in [1.807, 2.05) is 19.1 Å². The van der Waals surface area contributed by atoms with E-state index in [4.69, 9.17) is 15.2 Å². The normalized spacial score (nSPS) is 11.0. The zero-order valence-corrected chi connectivity index (χ0v) is 15.0. The van der Waals surface area contributed by atoms with E-state index in [0.29, 0.717) is 17.1 Å². The van der Waals surface area contributed by atoms with E-state index in [0.717, 1.165) is 5.56 Å². The first-order valence-corrected chi connectivity index (χ1v) is 8.01. The van der Waals surface area contributed by atoms with Crippen LogP contribution >= 0.6 is 0 Å². The van der Waals surface area contributed by atoms with Gasteiger partial charge < -0.3 is 15.2 Å². The molecule has 0 aliphatic heterocycles. The Balaban J connectivity index is 2.14. The van der Waals surface area contributed by atoms with Gasteiger partial charge in [0, 0.05) is 0 Å². The molecule has 2 N–H and O–H groups in total. The summed E-state index contributed by atoms with van der Waals surface area (Å²) in [6, 6.07) is 12.2. The second kappa shape index (κ2) is 7.38. The van der Waals surface area contributed by atoms with Crippen molar-refractivity contribution < 1.29 is 19.1 Å². The second-order valence-corrected chi connectivity index (χ2v) is 6.90. The van der Waals surface area contributed by atoms with Gasteiger partial charge in [-0.15, -0.1) is 0 Å². The molecule has 0 heterocycles. The predicted molar refractivity (Wildman–Crippen MR) is 96.0 cm³/mol. The molecule has 0 saturated heterocycles. The van der Waals surface area contributed by atoms with Crippen LogP contribution in [0, 0.1) is 6.92 Å². The molecule has 0 radical (unpaired) electrons. The predicted octanol–water partition coefficient (Wildman–Crippen LogP) is 3.38. The summed E-state index contributed by atoms with van der Waals surface area (Å²) in [6.07, 6.45) is 0. The summed E-state index contributed by atoms with van der Waals surface area (Å²) in [6.45, 7) is 8.05. The SMILES string of the molecule is Cc1cc(C(C)(C)C)ccc1OC(=O)c1cccc(OCC(N)=O)c1. The summed E-state index contributed by atoms with van der Waals surface area (Å²) in [5.74, 6) is -0.173. The molecule has 2 aromatic rings. The number of carbonyl (C=O) groups is 2. The molecular weight excluding hydrogens is 318 g/mol. The Labute approximate surface area is 147 Å². The van der Waals surface area contributed by atoms with Crippen LogP contribution in [0.3, 0.4) is 0 Å². The maximum atomic E-state index is 12.4. The number of hydrogen-bond donors (Lipinski definition) is 1. The standard InChI is InChI=1S/C20H23NO4/c1-13-10-15(20(2,3)4)8-9-17(13)25-19(23)14-6-5-7-16(11-14)24-12-18(21)22/h5-11H,12H2,1-4H3,(H2,21,22). The van der Waals surface area contributed by atoms with Crippen LogP contribution in [0.15, 0.2) is 42.5 Å². The molecule has 5 nitrogen and oxygen atoms in total. The number of ether oxygens (including phenoxy) is 2. The Hall–Kier alpha value is -2.82. The number of benzene rings is 2. The third kappa shape index (κ3) is 5.08. The smallest absolute Gasteiger partial charge is 0.343 e. The van der Waals surface area contributed by atoms with Gasteiger partial charge in [-0.05, 0) is 47.7 Å². The van der Waals surface area contributed by atoms with Crippen molar-refractivity contribution in [3.05, 3.63) is 59.2 Å². The summed E-state index contributed by atoms with van der Waals surface area (Å²) < 4.78 is 10.7. The van der Waals surface area contributed by atoms with Crippen LogP contribution in [-0.4, -0.2) is 18.5 Å². The van der Waals surface area contributed by atoms with Crippen molar-refractivity contribution in [1.82, 2.24) is 0 Å². The van der Waals surface area contributed by atoms with Gasteiger partial charge in [-0.25, -0.2) is 4.79 Å². The molecule has 0 saturated carbocycles. The molecule has 0 aliphatic carbocycles. The first kappa shape index (κ1) is 18.5. The van der Waals surface area contributed by atoms with Crippen LogP contribution < -0.4 is 15.2 Å². The van der Waals surface area contributed by atoms with Crippen LogP contribution in [0.5, 0.6) is 11.5 Å². The molecule has 0 aromatic heterocycles. The van der Waals surface area contributed by atoms with E-state index in [1.165, 1.54) is 11.6 Å². The summed E-state index contributed by atoms with van der Waals surface area (Å²) in [5, 5.41) is 0. The molecular formula is C20H23NO4. The molecule has 1 amide bonds. The van der Waals surface area contributed by atoms with E-state index in [2.05, 4.69) is 20.8 Å². The van der Waals surface area contributed by atoms with Gasteiger partial charge in [-0.1, -0.05) is 39.0 Å². The lowest BCUT2D eigenvalue weighted by Gasteiger charge is -2.20. The van der Waals surface area contributed by atoms with E-state index in [9.17, 15) is 9.59 Å². The van der Waals surface area contributed by atoms with E-state index in [-0.39, 0.29) is 12.0 Å². The minimum Gasteiger partial charge on any atom is -0.484 e. The number of rotatable bonds is 5. The van der Waals surface area contributed by atoms with Gasteiger partial charge in [0.15, 0.2) is 6.61 Å². The van der Waals surface area contributed by atoms with Crippen molar-refractivity contribution in [1.29, 1.82) is 0 Å². The molecule has 0 bridgehead atoms. The van der Waals surface area contributed by atoms with Crippen molar-refractivity contribution in [2.24, 2.45) is 5.73 Å². The average molecular weight is 341 g/mol. The molecule has 25 heavy (non-hydrogen) atoms. The second-order valence-electron chi connectivity index (χ2n) is 6.90. The topological polar surface area (TPSA) is 78.6 Å². The molecule has 0 unspecified atom stereocenters. The summed E-state index contributed by atoms with van der Waals surface area (Å²) in [5.41, 5.74) is 7.47. The number of hydrogen-bond acceptors (Lipinski definition) is 4. The molecule has 0 aliphatic rings. The van der Waals surface area contributed by atoms with Crippen molar-refractivity contribution in [3.63, 3.8) is 0 Å². The number of primary amides is 1. The van der Waals surface area contributed by atoms with Gasteiger partial charge >= 0.3 is 5.97 Å². The third-order valence-corrected chi connectivity index (χ3v) is 3.69. The van der Waals surface area contributed by atoms with Crippen molar-refractivity contribution in [3.8, 4) is 11.5 Å². The minimum absolute atomic E-state index is 0.0272. The fourth-order valence-corrected chi connectivity index (χ4v) is 2.26. The Morgan fingerprint density at radius 3 is 2.40 bits per heavy atom. The molecule has 5 heteroatoms. The van der Waals surface area contributed by atoms with Crippen LogP contribution in [0.1, 0.15) is 42.3 Å². The average Bonchev–Trinajstić information content (AvgIpc) is 2.54. The van der Waals surface area contributed by atoms with Crippen molar-refractivity contribution in [2.75, 3.05) is 6.61 Å². The lowest BCUT2D eigenvalue weighted by molar-refractivity contribution is -0.119. The van der Waals surface area contributed by atoms with Crippen molar-refractivity contribution >= 4 is 11.9 Å².